The maximum absolute atomic E-state index is 12.2. The SMILES string of the molecule is C[C@@H]1CCCC[C@H]1NC(=O)CCCN1C(=O)c2ccccc2C1=O. The maximum Gasteiger partial charge on any atom is 0.261 e. The van der Waals surface area contributed by atoms with Crippen molar-refractivity contribution >= 4 is 17.7 Å². The second-order valence-electron chi connectivity index (χ2n) is 6.85. The van der Waals surface area contributed by atoms with Crippen LogP contribution in [0.3, 0.4) is 0 Å². The van der Waals surface area contributed by atoms with E-state index in [1.165, 1.54) is 24.2 Å². The van der Waals surface area contributed by atoms with Gasteiger partial charge in [0, 0.05) is 19.0 Å². The zero-order valence-corrected chi connectivity index (χ0v) is 14.1. The molecule has 0 bridgehead atoms. The number of carbonyl (C=O) groups is 3. The average Bonchev–Trinajstić information content (AvgIpc) is 2.82. The predicted molar refractivity (Wildman–Crippen MR) is 90.6 cm³/mol. The van der Waals surface area contributed by atoms with Gasteiger partial charge >= 0.3 is 0 Å². The molecule has 1 aromatic carbocycles. The van der Waals surface area contributed by atoms with Crippen molar-refractivity contribution in [3.05, 3.63) is 35.4 Å². The van der Waals surface area contributed by atoms with Crippen LogP contribution in [0.15, 0.2) is 24.3 Å². The summed E-state index contributed by atoms with van der Waals surface area (Å²) < 4.78 is 0. The lowest BCUT2D eigenvalue weighted by Crippen LogP contribution is -2.41. The van der Waals surface area contributed by atoms with E-state index in [9.17, 15) is 14.4 Å². The van der Waals surface area contributed by atoms with E-state index in [1.807, 2.05) is 0 Å². The van der Waals surface area contributed by atoms with Crippen molar-refractivity contribution in [1.82, 2.24) is 10.2 Å². The fourth-order valence-electron chi connectivity index (χ4n) is 3.65. The Bertz CT molecular complexity index is 621. The minimum absolute atomic E-state index is 0.0189. The number of rotatable bonds is 5. The molecule has 1 N–H and O–H groups in total. The first-order chi connectivity index (χ1) is 11.6. The maximum atomic E-state index is 12.2. The number of nitrogens with one attached hydrogen (secondary N) is 1. The summed E-state index contributed by atoms with van der Waals surface area (Å²) in [6.45, 7) is 2.48. The van der Waals surface area contributed by atoms with Gasteiger partial charge in [-0.2, -0.15) is 0 Å². The molecular weight excluding hydrogens is 304 g/mol. The molecule has 0 unspecified atom stereocenters. The highest BCUT2D eigenvalue weighted by Crippen LogP contribution is 2.24. The molecule has 2 atom stereocenters. The zero-order valence-electron chi connectivity index (χ0n) is 14.1. The normalized spacial score (nSPS) is 23.3. The number of carbonyl (C=O) groups excluding carboxylic acids is 3. The second-order valence-corrected chi connectivity index (χ2v) is 6.85. The van der Waals surface area contributed by atoms with Crippen LogP contribution in [-0.4, -0.2) is 35.2 Å². The number of hydrogen-bond acceptors (Lipinski definition) is 3. The van der Waals surface area contributed by atoms with E-state index in [0.29, 0.717) is 36.4 Å². The molecule has 0 aromatic heterocycles. The van der Waals surface area contributed by atoms with Crippen molar-refractivity contribution in [3.8, 4) is 0 Å². The highest BCUT2D eigenvalue weighted by atomic mass is 16.2. The Morgan fingerprint density at radius 1 is 1.12 bits per heavy atom. The van der Waals surface area contributed by atoms with E-state index in [2.05, 4.69) is 12.2 Å². The van der Waals surface area contributed by atoms with Crippen LogP contribution in [0.25, 0.3) is 0 Å². The molecule has 3 amide bonds. The van der Waals surface area contributed by atoms with E-state index in [-0.39, 0.29) is 23.8 Å². The van der Waals surface area contributed by atoms with Crippen molar-refractivity contribution < 1.29 is 14.4 Å². The number of imide groups is 1. The Morgan fingerprint density at radius 3 is 2.38 bits per heavy atom. The topological polar surface area (TPSA) is 66.5 Å². The third-order valence-electron chi connectivity index (χ3n) is 5.12. The Morgan fingerprint density at radius 2 is 1.75 bits per heavy atom. The highest BCUT2D eigenvalue weighted by Gasteiger charge is 2.34. The monoisotopic (exact) mass is 328 g/mol. The van der Waals surface area contributed by atoms with Crippen LogP contribution in [-0.2, 0) is 4.79 Å². The van der Waals surface area contributed by atoms with Crippen molar-refractivity contribution in [3.63, 3.8) is 0 Å². The van der Waals surface area contributed by atoms with Gasteiger partial charge in [-0.15, -0.1) is 0 Å². The minimum Gasteiger partial charge on any atom is -0.353 e. The van der Waals surface area contributed by atoms with Gasteiger partial charge in [0.15, 0.2) is 0 Å². The summed E-state index contributed by atoms with van der Waals surface area (Å²) >= 11 is 0. The molecule has 5 nitrogen and oxygen atoms in total. The second kappa shape index (κ2) is 7.16. The summed E-state index contributed by atoms with van der Waals surface area (Å²) in [4.78, 5) is 37.9. The van der Waals surface area contributed by atoms with Crippen molar-refractivity contribution in [2.75, 3.05) is 6.54 Å². The number of fused-ring (bicyclic) bond motifs is 1. The molecule has 1 aliphatic carbocycles. The van der Waals surface area contributed by atoms with Gasteiger partial charge in [0.1, 0.15) is 0 Å². The molecule has 0 spiro atoms. The first-order valence-electron chi connectivity index (χ1n) is 8.82. The summed E-state index contributed by atoms with van der Waals surface area (Å²) in [6.07, 6.45) is 5.47. The summed E-state index contributed by atoms with van der Waals surface area (Å²) in [5, 5.41) is 3.11. The minimum atomic E-state index is -0.253. The molecule has 1 heterocycles. The van der Waals surface area contributed by atoms with Gasteiger partial charge in [-0.05, 0) is 37.3 Å². The van der Waals surface area contributed by atoms with Crippen LogP contribution in [0.4, 0.5) is 0 Å². The lowest BCUT2D eigenvalue weighted by Gasteiger charge is -2.29. The van der Waals surface area contributed by atoms with Crippen molar-refractivity contribution in [1.29, 1.82) is 0 Å². The number of nitrogens with zero attached hydrogens (tertiary/aromatic N) is 1. The fraction of sp³-hybridized carbons (Fsp3) is 0.526. The van der Waals surface area contributed by atoms with E-state index in [4.69, 9.17) is 0 Å². The van der Waals surface area contributed by atoms with E-state index in [0.717, 1.165) is 6.42 Å². The predicted octanol–water partition coefficient (Wildman–Crippen LogP) is 2.76. The fourth-order valence-corrected chi connectivity index (χ4v) is 3.65. The Hall–Kier alpha value is -2.17. The summed E-state index contributed by atoms with van der Waals surface area (Å²) in [7, 11) is 0. The first-order valence-corrected chi connectivity index (χ1v) is 8.82. The molecule has 0 radical (unpaired) electrons. The molecule has 2 aliphatic rings. The summed E-state index contributed by atoms with van der Waals surface area (Å²) in [5.41, 5.74) is 0.922. The summed E-state index contributed by atoms with van der Waals surface area (Å²) in [6, 6.07) is 7.13. The molecule has 128 valence electrons. The van der Waals surface area contributed by atoms with E-state index < -0.39 is 0 Å². The lowest BCUT2D eigenvalue weighted by molar-refractivity contribution is -0.122. The van der Waals surface area contributed by atoms with E-state index >= 15 is 0 Å². The Kier molecular flexibility index (Phi) is 4.97. The van der Waals surface area contributed by atoms with Crippen LogP contribution < -0.4 is 5.32 Å². The largest absolute Gasteiger partial charge is 0.353 e. The average molecular weight is 328 g/mol. The number of benzene rings is 1. The van der Waals surface area contributed by atoms with Gasteiger partial charge in [-0.25, -0.2) is 0 Å². The number of hydrogen-bond donors (Lipinski definition) is 1. The first kappa shape index (κ1) is 16.7. The van der Waals surface area contributed by atoms with Crippen LogP contribution in [0.2, 0.25) is 0 Å². The highest BCUT2D eigenvalue weighted by molar-refractivity contribution is 6.21. The van der Waals surface area contributed by atoms with Crippen LogP contribution >= 0.6 is 0 Å². The molecule has 1 saturated carbocycles. The molecule has 5 heteroatoms. The molecule has 3 rings (SSSR count). The number of amides is 3. The van der Waals surface area contributed by atoms with Gasteiger partial charge in [-0.1, -0.05) is 31.9 Å². The zero-order chi connectivity index (χ0) is 17.1. The molecule has 1 aromatic rings. The molecular formula is C19H24N2O3. The Balaban J connectivity index is 1.48. The van der Waals surface area contributed by atoms with Crippen molar-refractivity contribution in [2.45, 2.75) is 51.5 Å². The lowest BCUT2D eigenvalue weighted by atomic mass is 9.86. The van der Waals surface area contributed by atoms with Crippen LogP contribution in [0.1, 0.15) is 66.2 Å². The van der Waals surface area contributed by atoms with Gasteiger partial charge in [-0.3, -0.25) is 19.3 Å². The van der Waals surface area contributed by atoms with E-state index in [1.54, 1.807) is 24.3 Å². The van der Waals surface area contributed by atoms with Gasteiger partial charge < -0.3 is 5.32 Å². The third kappa shape index (κ3) is 3.35. The standard InChI is InChI=1S/C19H24N2O3/c1-13-7-2-5-10-16(13)20-17(22)11-6-12-21-18(23)14-8-3-4-9-15(14)19(21)24/h3-4,8-9,13,16H,2,5-7,10-12H2,1H3,(H,20,22)/t13-,16-/m1/s1. The van der Waals surface area contributed by atoms with Crippen molar-refractivity contribution in [2.24, 2.45) is 5.92 Å². The molecule has 1 fully saturated rings. The quantitative estimate of drug-likeness (QED) is 0.845. The van der Waals surface area contributed by atoms with Gasteiger partial charge in [0.25, 0.3) is 11.8 Å². The van der Waals surface area contributed by atoms with Gasteiger partial charge in [0.2, 0.25) is 5.91 Å². The summed E-state index contributed by atoms with van der Waals surface area (Å²) in [5.74, 6) is 0.0399. The molecule has 24 heavy (non-hydrogen) atoms. The van der Waals surface area contributed by atoms with Crippen LogP contribution in [0, 0.1) is 5.92 Å². The molecule has 1 aliphatic heterocycles. The van der Waals surface area contributed by atoms with Crippen LogP contribution in [0.5, 0.6) is 0 Å². The third-order valence-corrected chi connectivity index (χ3v) is 5.12. The van der Waals surface area contributed by atoms with Gasteiger partial charge in [0.05, 0.1) is 11.1 Å². The molecule has 0 saturated heterocycles. The Labute approximate surface area is 142 Å². The smallest absolute Gasteiger partial charge is 0.261 e.